The van der Waals surface area contributed by atoms with E-state index >= 15 is 0 Å². The number of thiophene rings is 1. The summed E-state index contributed by atoms with van der Waals surface area (Å²) in [6.07, 6.45) is 1.95. The normalized spacial score (nSPS) is 10.4. The lowest BCUT2D eigenvalue weighted by atomic mass is 10.2. The van der Waals surface area contributed by atoms with E-state index in [2.05, 4.69) is 6.07 Å². The zero-order valence-electron chi connectivity index (χ0n) is 12.2. The minimum absolute atomic E-state index is 0.154. The van der Waals surface area contributed by atoms with Gasteiger partial charge in [0.1, 0.15) is 5.75 Å². The summed E-state index contributed by atoms with van der Waals surface area (Å²) in [7, 11) is 1.66. The number of methoxy groups -OCH3 is 1. The van der Waals surface area contributed by atoms with Gasteiger partial charge in [0, 0.05) is 17.0 Å². The number of carbonyl (C=O) groups excluding carboxylic acids is 1. The highest BCUT2D eigenvalue weighted by atomic mass is 32.2. The molecule has 112 valence electrons. The topological polar surface area (TPSA) is 29.5 Å². The lowest BCUT2D eigenvalue weighted by Crippen LogP contribution is -2.31. The highest BCUT2D eigenvalue weighted by Crippen LogP contribution is 2.22. The van der Waals surface area contributed by atoms with E-state index < -0.39 is 0 Å². The van der Waals surface area contributed by atoms with E-state index in [4.69, 9.17) is 4.74 Å². The van der Waals surface area contributed by atoms with Crippen LogP contribution < -0.4 is 4.74 Å². The monoisotopic (exact) mass is 321 g/mol. The van der Waals surface area contributed by atoms with E-state index in [9.17, 15) is 4.79 Å². The summed E-state index contributed by atoms with van der Waals surface area (Å²) >= 11 is 3.23. The van der Waals surface area contributed by atoms with Crippen molar-refractivity contribution < 1.29 is 9.53 Å². The second-order valence-corrected chi connectivity index (χ2v) is 6.47. The fourth-order valence-corrected chi connectivity index (χ4v) is 3.23. The molecule has 21 heavy (non-hydrogen) atoms. The smallest absolute Gasteiger partial charge is 0.233 e. The number of rotatable bonds is 7. The number of ether oxygens (including phenoxy) is 1. The van der Waals surface area contributed by atoms with Gasteiger partial charge in [-0.1, -0.05) is 24.3 Å². The Morgan fingerprint density at radius 2 is 2.05 bits per heavy atom. The molecule has 0 aliphatic rings. The predicted molar refractivity (Wildman–Crippen MR) is 89.9 cm³/mol. The highest BCUT2D eigenvalue weighted by Gasteiger charge is 2.16. The largest absolute Gasteiger partial charge is 0.496 e. The molecular weight excluding hydrogens is 302 g/mol. The summed E-state index contributed by atoms with van der Waals surface area (Å²) in [6, 6.07) is 11.9. The molecule has 0 unspecified atom stereocenters. The van der Waals surface area contributed by atoms with Crippen molar-refractivity contribution in [2.24, 2.45) is 0 Å². The van der Waals surface area contributed by atoms with Crippen LogP contribution in [-0.4, -0.2) is 29.9 Å². The van der Waals surface area contributed by atoms with Crippen LogP contribution in [0.5, 0.6) is 5.75 Å². The Balaban J connectivity index is 2.16. The van der Waals surface area contributed by atoms with Crippen molar-refractivity contribution in [3.05, 3.63) is 52.2 Å². The third-order valence-electron chi connectivity index (χ3n) is 3.10. The first-order valence-electron chi connectivity index (χ1n) is 6.65. The van der Waals surface area contributed by atoms with Crippen LogP contribution in [0.2, 0.25) is 0 Å². The quantitative estimate of drug-likeness (QED) is 0.779. The van der Waals surface area contributed by atoms with Gasteiger partial charge >= 0.3 is 0 Å². The van der Waals surface area contributed by atoms with Crippen LogP contribution in [-0.2, 0) is 17.9 Å². The van der Waals surface area contributed by atoms with Gasteiger partial charge in [0.05, 0.1) is 19.4 Å². The number of para-hydroxylation sites is 1. The molecule has 0 aliphatic carbocycles. The van der Waals surface area contributed by atoms with Gasteiger partial charge in [-0.3, -0.25) is 4.79 Å². The maximum atomic E-state index is 12.3. The Morgan fingerprint density at radius 3 is 2.71 bits per heavy atom. The van der Waals surface area contributed by atoms with Crippen LogP contribution in [0.3, 0.4) is 0 Å². The van der Waals surface area contributed by atoms with Gasteiger partial charge in [-0.15, -0.1) is 11.3 Å². The summed E-state index contributed by atoms with van der Waals surface area (Å²) in [5, 5.41) is 2.04. The van der Waals surface area contributed by atoms with Crippen molar-refractivity contribution >= 4 is 29.0 Å². The molecule has 0 spiro atoms. The molecule has 1 heterocycles. The Kier molecular flexibility index (Phi) is 6.14. The van der Waals surface area contributed by atoms with E-state index in [-0.39, 0.29) is 5.91 Å². The Hall–Kier alpha value is -1.46. The van der Waals surface area contributed by atoms with Crippen LogP contribution >= 0.6 is 23.1 Å². The van der Waals surface area contributed by atoms with Crippen LogP contribution in [0.15, 0.2) is 41.8 Å². The van der Waals surface area contributed by atoms with E-state index in [1.165, 1.54) is 4.88 Å². The first kappa shape index (κ1) is 15.9. The molecule has 0 fully saturated rings. The van der Waals surface area contributed by atoms with Gasteiger partial charge in [0.2, 0.25) is 5.91 Å². The molecule has 0 radical (unpaired) electrons. The maximum absolute atomic E-state index is 12.3. The SMILES string of the molecule is COc1ccccc1CN(Cc1cccs1)C(=O)CSC. The first-order valence-corrected chi connectivity index (χ1v) is 8.93. The van der Waals surface area contributed by atoms with Crippen molar-refractivity contribution in [1.82, 2.24) is 4.90 Å². The molecule has 1 amide bonds. The molecule has 0 saturated carbocycles. The fourth-order valence-electron chi connectivity index (χ4n) is 2.08. The van der Waals surface area contributed by atoms with Crippen molar-refractivity contribution in [2.45, 2.75) is 13.1 Å². The van der Waals surface area contributed by atoms with E-state index in [1.54, 1.807) is 30.2 Å². The number of nitrogens with zero attached hydrogens (tertiary/aromatic N) is 1. The summed E-state index contributed by atoms with van der Waals surface area (Å²) in [6.45, 7) is 1.22. The Bertz CT molecular complexity index is 569. The third kappa shape index (κ3) is 4.51. The maximum Gasteiger partial charge on any atom is 0.233 e. The van der Waals surface area contributed by atoms with Gasteiger partial charge in [-0.05, 0) is 23.8 Å². The van der Waals surface area contributed by atoms with Crippen LogP contribution in [0, 0.1) is 0 Å². The van der Waals surface area contributed by atoms with Crippen molar-refractivity contribution in [1.29, 1.82) is 0 Å². The van der Waals surface area contributed by atoms with E-state index in [1.807, 2.05) is 46.9 Å². The number of thioether (sulfide) groups is 1. The average molecular weight is 321 g/mol. The lowest BCUT2D eigenvalue weighted by Gasteiger charge is -2.23. The second kappa shape index (κ2) is 8.10. The minimum Gasteiger partial charge on any atom is -0.496 e. The van der Waals surface area contributed by atoms with E-state index in [0.717, 1.165) is 11.3 Å². The molecule has 1 aromatic heterocycles. The molecule has 0 N–H and O–H groups in total. The molecule has 3 nitrogen and oxygen atoms in total. The predicted octanol–water partition coefficient (Wildman–Crippen LogP) is 3.65. The van der Waals surface area contributed by atoms with Crippen LogP contribution in [0.1, 0.15) is 10.4 Å². The molecule has 0 bridgehead atoms. The van der Waals surface area contributed by atoms with Crippen molar-refractivity contribution in [3.63, 3.8) is 0 Å². The van der Waals surface area contributed by atoms with Gasteiger partial charge in [-0.2, -0.15) is 11.8 Å². The van der Waals surface area contributed by atoms with Gasteiger partial charge in [0.15, 0.2) is 0 Å². The zero-order valence-corrected chi connectivity index (χ0v) is 13.9. The van der Waals surface area contributed by atoms with Crippen LogP contribution in [0.4, 0.5) is 0 Å². The molecule has 0 saturated heterocycles. The molecule has 0 atom stereocenters. The third-order valence-corrected chi connectivity index (χ3v) is 4.50. The lowest BCUT2D eigenvalue weighted by molar-refractivity contribution is -0.129. The highest BCUT2D eigenvalue weighted by molar-refractivity contribution is 7.99. The Labute approximate surface area is 133 Å². The van der Waals surface area contributed by atoms with Crippen molar-refractivity contribution in [3.8, 4) is 5.75 Å². The molecule has 5 heteroatoms. The van der Waals surface area contributed by atoms with Gasteiger partial charge in [-0.25, -0.2) is 0 Å². The minimum atomic E-state index is 0.154. The van der Waals surface area contributed by atoms with Gasteiger partial charge in [0.25, 0.3) is 0 Å². The number of hydrogen-bond acceptors (Lipinski definition) is 4. The summed E-state index contributed by atoms with van der Waals surface area (Å²) in [5.74, 6) is 1.48. The zero-order chi connectivity index (χ0) is 15.1. The molecular formula is C16H19NO2S2. The molecule has 1 aromatic carbocycles. The summed E-state index contributed by atoms with van der Waals surface area (Å²) in [4.78, 5) is 15.4. The number of carbonyl (C=O) groups is 1. The fraction of sp³-hybridized carbons (Fsp3) is 0.312. The second-order valence-electron chi connectivity index (χ2n) is 4.57. The van der Waals surface area contributed by atoms with Gasteiger partial charge < -0.3 is 9.64 Å². The van der Waals surface area contributed by atoms with E-state index in [0.29, 0.717) is 18.8 Å². The molecule has 0 aliphatic heterocycles. The number of benzene rings is 1. The van der Waals surface area contributed by atoms with Crippen LogP contribution in [0.25, 0.3) is 0 Å². The number of amides is 1. The standard InChI is InChI=1S/C16H19NO2S2/c1-19-15-8-4-3-6-13(15)10-17(16(18)12-20-2)11-14-7-5-9-21-14/h3-9H,10-12H2,1-2H3. The Morgan fingerprint density at radius 1 is 1.24 bits per heavy atom. The average Bonchev–Trinajstić information content (AvgIpc) is 3.00. The summed E-state index contributed by atoms with van der Waals surface area (Å²) in [5.41, 5.74) is 1.03. The first-order chi connectivity index (χ1) is 10.2. The van der Waals surface area contributed by atoms with Crippen molar-refractivity contribution in [2.75, 3.05) is 19.1 Å². The summed E-state index contributed by atoms with van der Waals surface area (Å²) < 4.78 is 5.38. The molecule has 2 aromatic rings. The number of hydrogen-bond donors (Lipinski definition) is 0. The molecule has 2 rings (SSSR count).